The molecule has 14 atom stereocenters. The molecule has 0 radical (unpaired) electrons. The molecule has 0 fully saturated rings. The first-order valence-electron chi connectivity index (χ1n) is 34.7. The van der Waals surface area contributed by atoms with Crippen molar-refractivity contribution in [2.75, 3.05) is 26.2 Å². The summed E-state index contributed by atoms with van der Waals surface area (Å²) in [6.45, 7) is 9.32. The van der Waals surface area contributed by atoms with Crippen LogP contribution in [0.15, 0.2) is 0 Å². The molecular formula is C64H106N18O27. The van der Waals surface area contributed by atoms with Crippen molar-refractivity contribution >= 4 is 124 Å². The van der Waals surface area contributed by atoms with Crippen LogP contribution >= 0.6 is 0 Å². The van der Waals surface area contributed by atoms with Crippen LogP contribution in [0.2, 0.25) is 0 Å². The van der Waals surface area contributed by atoms with Crippen LogP contribution in [0.4, 0.5) is 0 Å². The Morgan fingerprint density at radius 1 is 0.358 bits per heavy atom. The minimum atomic E-state index is -2.12. The van der Waals surface area contributed by atoms with Gasteiger partial charge in [-0.1, -0.05) is 48.0 Å². The second-order valence-corrected chi connectivity index (χ2v) is 26.2. The van der Waals surface area contributed by atoms with E-state index in [-0.39, 0.29) is 44.6 Å². The standard InChI is InChI=1S/C64H106N18O27/c1-9-30(6)51(63(107)80-50(29(4)5)62(106)82-52(32(8)83)64(108)109)81-53(97)31(7)72-43(86)25-69-55(99)34(12-10-11-21-65)76-61(105)40(24-49(95)96)79-59(103)38(16-20-48(93)94)74-45(88)27-71-57(101)36(14-18-46(89)90)77-60(104)39(23-42(68)85)78-58(102)37(15-19-47(91)92)73-44(87)26-70-56(100)35(13-17-41(67)84)75-54(98)33(66)22-28(2)3/h28-40,50-52,83H,9-27,65-66H2,1-8H3,(H2,67,84)(H2,68,85)(H,69,99)(H,70,100)(H,71,101)(H,72,86)(H,73,87)(H,74,88)(H,75,98)(H,76,105)(H,77,104)(H,78,102)(H,79,103)(H,80,107)(H,81,97)(H,82,106)(H,89,90)(H,91,92)(H,93,94)(H,95,96)(H,108,109)/t30-,31-,32+,33-,34-,35-,36-,37-,38-,39-,40-,50-,51-,52-/m0/s1. The summed E-state index contributed by atoms with van der Waals surface area (Å²) in [6.07, 6.45) is -8.85. The van der Waals surface area contributed by atoms with Gasteiger partial charge in [-0.3, -0.25) is 95.9 Å². The number of carbonyl (C=O) groups excluding carboxylic acids is 16. The molecule has 109 heavy (non-hydrogen) atoms. The Kier molecular flexibility index (Phi) is 45.1. The third kappa shape index (κ3) is 40.3. The van der Waals surface area contributed by atoms with Crippen LogP contribution in [-0.2, 0) is 101 Å². The van der Waals surface area contributed by atoms with Gasteiger partial charge < -0.3 is 128 Å². The molecule has 0 aromatic carbocycles. The van der Waals surface area contributed by atoms with E-state index in [1.807, 2.05) is 5.32 Å². The number of nitrogens with one attached hydrogen (secondary N) is 14. The molecule has 0 spiro atoms. The molecule has 0 heterocycles. The third-order valence-corrected chi connectivity index (χ3v) is 16.0. The lowest BCUT2D eigenvalue weighted by atomic mass is 9.96. The van der Waals surface area contributed by atoms with Crippen molar-refractivity contribution in [3.63, 3.8) is 0 Å². The molecule has 0 aliphatic rings. The van der Waals surface area contributed by atoms with Crippen molar-refractivity contribution < 1.29 is 131 Å². The number of nitrogens with two attached hydrogens (primary N) is 4. The largest absolute Gasteiger partial charge is 0.481 e. The van der Waals surface area contributed by atoms with Crippen molar-refractivity contribution in [2.45, 2.75) is 230 Å². The number of carbonyl (C=O) groups is 21. The molecule has 0 rings (SSSR count). The number of carboxylic acids is 5. The van der Waals surface area contributed by atoms with Crippen molar-refractivity contribution in [3.05, 3.63) is 0 Å². The van der Waals surface area contributed by atoms with E-state index in [0.717, 1.165) is 6.92 Å². The average Bonchev–Trinajstić information content (AvgIpc) is 0.856. The number of carboxylic acid groups (broad SMARTS) is 5. The van der Waals surface area contributed by atoms with Crippen LogP contribution < -0.4 is 97.4 Å². The van der Waals surface area contributed by atoms with Crippen molar-refractivity contribution in [2.24, 2.45) is 40.7 Å². The summed E-state index contributed by atoms with van der Waals surface area (Å²) < 4.78 is 0. The average molecular weight is 1560 g/mol. The molecule has 0 saturated carbocycles. The van der Waals surface area contributed by atoms with Crippen molar-refractivity contribution in [1.29, 1.82) is 0 Å². The highest BCUT2D eigenvalue weighted by molar-refractivity contribution is 6.01. The molecular weight excluding hydrogens is 1450 g/mol. The monoisotopic (exact) mass is 1560 g/mol. The number of aliphatic carboxylic acids is 5. The minimum absolute atomic E-state index is 0.0429. The first kappa shape index (κ1) is 97.8. The van der Waals surface area contributed by atoms with Gasteiger partial charge in [-0.2, -0.15) is 0 Å². The van der Waals surface area contributed by atoms with Gasteiger partial charge in [0.15, 0.2) is 6.04 Å². The van der Waals surface area contributed by atoms with Gasteiger partial charge in [0.25, 0.3) is 0 Å². The van der Waals surface area contributed by atoms with Crippen LogP contribution in [0.25, 0.3) is 0 Å². The molecule has 0 aliphatic carbocycles. The van der Waals surface area contributed by atoms with E-state index in [1.54, 1.807) is 27.7 Å². The second-order valence-electron chi connectivity index (χ2n) is 26.2. The second kappa shape index (κ2) is 50.3. The number of aliphatic hydroxyl groups excluding tert-OH is 1. The molecule has 0 aromatic heterocycles. The molecule has 16 amide bonds. The normalized spacial score (nSPS) is 14.8. The van der Waals surface area contributed by atoms with E-state index in [2.05, 4.69) is 69.1 Å². The maximum atomic E-state index is 13.9. The number of primary amides is 2. The fraction of sp³-hybridized carbons (Fsp3) is 0.672. The molecule has 45 nitrogen and oxygen atoms in total. The van der Waals surface area contributed by atoms with E-state index in [9.17, 15) is 131 Å². The van der Waals surface area contributed by atoms with Crippen LogP contribution in [-0.4, -0.2) is 260 Å². The van der Waals surface area contributed by atoms with Gasteiger partial charge in [-0.05, 0) is 89.5 Å². The molecule has 0 aliphatic heterocycles. The molecule has 614 valence electrons. The molecule has 0 bridgehead atoms. The van der Waals surface area contributed by atoms with Crippen LogP contribution in [0.5, 0.6) is 0 Å². The SMILES string of the molecule is CC[C@H](C)[C@H](NC(=O)[C@H](C)NC(=O)CNC(=O)[C@H](CCCCN)NC(=O)[C@H](CC(=O)O)NC(=O)[C@H](CCC(=O)O)NC(=O)CNC(=O)[C@H](CCC(=O)O)NC(=O)[C@H](CC(N)=O)NC(=O)[C@H](CCC(=O)O)NC(=O)CNC(=O)[C@H](CCC(N)=O)NC(=O)[C@@H](N)CC(C)C)C(=O)N[C@H](C(=O)N[C@H](C(=O)O)[C@@H](C)O)C(C)C. The Hall–Kier alpha value is -11.2. The predicted molar refractivity (Wildman–Crippen MR) is 375 cm³/mol. The summed E-state index contributed by atoms with van der Waals surface area (Å²) in [5.41, 5.74) is 22.1. The molecule has 45 heteroatoms. The third-order valence-electron chi connectivity index (χ3n) is 16.0. The number of hydrogen-bond donors (Lipinski definition) is 24. The van der Waals surface area contributed by atoms with Gasteiger partial charge in [0.2, 0.25) is 94.5 Å². The Morgan fingerprint density at radius 2 is 0.716 bits per heavy atom. The predicted octanol–water partition coefficient (Wildman–Crippen LogP) is -9.43. The fourth-order valence-corrected chi connectivity index (χ4v) is 9.81. The van der Waals surface area contributed by atoms with Gasteiger partial charge >= 0.3 is 29.8 Å². The fourth-order valence-electron chi connectivity index (χ4n) is 9.81. The topological polar surface area (TPSA) is 752 Å². The summed E-state index contributed by atoms with van der Waals surface area (Å²) in [7, 11) is 0. The highest BCUT2D eigenvalue weighted by Gasteiger charge is 2.38. The number of rotatable bonds is 55. The van der Waals surface area contributed by atoms with E-state index >= 15 is 0 Å². The lowest BCUT2D eigenvalue weighted by Crippen LogP contribution is -2.61. The van der Waals surface area contributed by atoms with Crippen molar-refractivity contribution in [3.8, 4) is 0 Å². The van der Waals surface area contributed by atoms with E-state index in [4.69, 9.17) is 22.9 Å². The van der Waals surface area contributed by atoms with E-state index in [0.29, 0.717) is 6.42 Å². The number of hydrogen-bond acceptors (Lipinski definition) is 24. The summed E-state index contributed by atoms with van der Waals surface area (Å²) in [4.78, 5) is 271. The van der Waals surface area contributed by atoms with Gasteiger partial charge in [-0.25, -0.2) is 4.79 Å². The van der Waals surface area contributed by atoms with Gasteiger partial charge in [0.1, 0.15) is 60.4 Å². The number of amides is 16. The zero-order valence-electron chi connectivity index (χ0n) is 61.7. The van der Waals surface area contributed by atoms with Crippen LogP contribution in [0.3, 0.4) is 0 Å². The zero-order valence-corrected chi connectivity index (χ0v) is 61.7. The highest BCUT2D eigenvalue weighted by atomic mass is 16.4. The van der Waals surface area contributed by atoms with Crippen LogP contribution in [0, 0.1) is 17.8 Å². The zero-order chi connectivity index (χ0) is 83.7. The summed E-state index contributed by atoms with van der Waals surface area (Å²) in [6, 6.07) is -20.0. The van der Waals surface area contributed by atoms with E-state index < -0.39 is 292 Å². The highest BCUT2D eigenvalue weighted by Crippen LogP contribution is 2.14. The van der Waals surface area contributed by atoms with Gasteiger partial charge in [-0.15, -0.1) is 0 Å². The minimum Gasteiger partial charge on any atom is -0.481 e. The maximum Gasteiger partial charge on any atom is 0.328 e. The lowest BCUT2D eigenvalue weighted by molar-refractivity contribution is -0.145. The summed E-state index contributed by atoms with van der Waals surface area (Å²) >= 11 is 0. The van der Waals surface area contributed by atoms with Gasteiger partial charge in [0.05, 0.1) is 44.6 Å². The van der Waals surface area contributed by atoms with Gasteiger partial charge in [0, 0.05) is 25.7 Å². The van der Waals surface area contributed by atoms with E-state index in [1.165, 1.54) is 20.8 Å². The molecule has 0 unspecified atom stereocenters. The molecule has 28 N–H and O–H groups in total. The summed E-state index contributed by atoms with van der Waals surface area (Å²) in [5, 5.41) is 88.6. The smallest absolute Gasteiger partial charge is 0.328 e. The summed E-state index contributed by atoms with van der Waals surface area (Å²) in [5.74, 6) is -27.4. The number of aliphatic hydroxyl groups is 1. The number of unbranched alkanes of at least 4 members (excludes halogenated alkanes) is 1. The van der Waals surface area contributed by atoms with Crippen molar-refractivity contribution in [1.82, 2.24) is 74.4 Å². The Morgan fingerprint density at radius 3 is 1.08 bits per heavy atom. The Balaban J connectivity index is 6.55. The first-order chi connectivity index (χ1) is 50.7. The molecule has 0 aromatic rings. The maximum absolute atomic E-state index is 13.9. The Labute approximate surface area is 625 Å². The lowest BCUT2D eigenvalue weighted by Gasteiger charge is -2.29. The molecule has 0 saturated heterocycles. The Bertz CT molecular complexity index is 3250. The first-order valence-corrected chi connectivity index (χ1v) is 34.7. The quantitative estimate of drug-likeness (QED) is 0.0252. The van der Waals surface area contributed by atoms with Crippen LogP contribution in [0.1, 0.15) is 152 Å².